The van der Waals surface area contributed by atoms with Crippen molar-refractivity contribution in [3.8, 4) is 0 Å². The molecule has 2 aromatic rings. The second kappa shape index (κ2) is 10.1. The Morgan fingerprint density at radius 3 is 2.69 bits per heavy atom. The van der Waals surface area contributed by atoms with Crippen LogP contribution in [0.4, 0.5) is 0 Å². The fourth-order valence-corrected chi connectivity index (χ4v) is 5.23. The maximum atomic E-state index is 13.2. The van der Waals surface area contributed by atoms with Gasteiger partial charge in [0.15, 0.2) is 0 Å². The van der Waals surface area contributed by atoms with Crippen molar-refractivity contribution in [3.63, 3.8) is 0 Å². The summed E-state index contributed by atoms with van der Waals surface area (Å²) in [6, 6.07) is 10.1. The average molecular weight is 415 g/mol. The van der Waals surface area contributed by atoms with Crippen molar-refractivity contribution in [1.29, 1.82) is 0 Å². The number of aliphatic hydroxyl groups is 1. The summed E-state index contributed by atoms with van der Waals surface area (Å²) in [5, 5.41) is 13.0. The molecule has 1 aliphatic heterocycles. The van der Waals surface area contributed by atoms with Crippen molar-refractivity contribution in [3.05, 3.63) is 52.5 Å². The van der Waals surface area contributed by atoms with Gasteiger partial charge in [-0.1, -0.05) is 37.3 Å². The Labute approximate surface area is 176 Å². The highest BCUT2D eigenvalue weighted by atomic mass is 32.1. The number of carbonyl (C=O) groups is 2. The molecule has 0 saturated carbocycles. The van der Waals surface area contributed by atoms with Crippen LogP contribution in [0.2, 0.25) is 0 Å². The molecule has 0 spiro atoms. The van der Waals surface area contributed by atoms with Gasteiger partial charge in [-0.15, -0.1) is 11.3 Å². The van der Waals surface area contributed by atoms with Crippen LogP contribution in [0.3, 0.4) is 0 Å². The molecule has 29 heavy (non-hydrogen) atoms. The minimum atomic E-state index is -0.303. The van der Waals surface area contributed by atoms with E-state index in [9.17, 15) is 14.7 Å². The molecule has 1 aromatic carbocycles. The van der Waals surface area contributed by atoms with Crippen LogP contribution in [0.25, 0.3) is 0 Å². The molecule has 1 fully saturated rings. The molecule has 6 heteroatoms. The SMILES string of the molecule is CC(=O)N1CCC[C@H]1[C@H](CO)[C@@H](C)C(=O)C[C@@H](Cc1ccccc1)c1nccs1. The van der Waals surface area contributed by atoms with Crippen LogP contribution < -0.4 is 0 Å². The average Bonchev–Trinajstić information content (AvgIpc) is 3.41. The van der Waals surface area contributed by atoms with E-state index in [0.29, 0.717) is 13.0 Å². The Kier molecular flexibility index (Phi) is 7.56. The van der Waals surface area contributed by atoms with Crippen molar-refractivity contribution in [2.45, 2.75) is 51.5 Å². The molecule has 0 bridgehead atoms. The smallest absolute Gasteiger partial charge is 0.219 e. The summed E-state index contributed by atoms with van der Waals surface area (Å²) in [6.07, 6.45) is 4.72. The first kappa shape index (κ1) is 21.7. The summed E-state index contributed by atoms with van der Waals surface area (Å²) >= 11 is 1.58. The van der Waals surface area contributed by atoms with Gasteiger partial charge in [-0.2, -0.15) is 0 Å². The van der Waals surface area contributed by atoms with E-state index in [-0.39, 0.29) is 42.1 Å². The predicted octanol–water partition coefficient (Wildman–Crippen LogP) is 3.68. The number of hydrogen-bond acceptors (Lipinski definition) is 5. The zero-order chi connectivity index (χ0) is 20.8. The minimum absolute atomic E-state index is 0.0235. The Hall–Kier alpha value is -2.05. The molecule has 1 aromatic heterocycles. The number of amides is 1. The van der Waals surface area contributed by atoms with Gasteiger partial charge in [0.1, 0.15) is 5.78 Å². The highest BCUT2D eigenvalue weighted by molar-refractivity contribution is 7.09. The summed E-state index contributed by atoms with van der Waals surface area (Å²) in [6.45, 7) is 4.11. The lowest BCUT2D eigenvalue weighted by Gasteiger charge is -2.33. The predicted molar refractivity (Wildman–Crippen MR) is 115 cm³/mol. The third kappa shape index (κ3) is 5.31. The van der Waals surface area contributed by atoms with Gasteiger partial charge < -0.3 is 10.0 Å². The van der Waals surface area contributed by atoms with Gasteiger partial charge in [-0.25, -0.2) is 4.98 Å². The molecule has 3 rings (SSSR count). The van der Waals surface area contributed by atoms with Crippen LogP contribution in [0.1, 0.15) is 49.6 Å². The van der Waals surface area contributed by atoms with Gasteiger partial charge in [0, 0.05) is 61.9 Å². The zero-order valence-electron chi connectivity index (χ0n) is 17.2. The molecule has 1 amide bonds. The first-order chi connectivity index (χ1) is 14.0. The molecular formula is C23H30N2O3S. The van der Waals surface area contributed by atoms with Gasteiger partial charge in [0.2, 0.25) is 5.91 Å². The van der Waals surface area contributed by atoms with Gasteiger partial charge in [-0.3, -0.25) is 9.59 Å². The minimum Gasteiger partial charge on any atom is -0.396 e. The molecule has 1 aliphatic rings. The van der Waals surface area contributed by atoms with Crippen LogP contribution in [0.5, 0.6) is 0 Å². The number of hydrogen-bond donors (Lipinski definition) is 1. The number of nitrogens with zero attached hydrogens (tertiary/aromatic N) is 2. The van der Waals surface area contributed by atoms with Gasteiger partial charge in [0.25, 0.3) is 0 Å². The van der Waals surface area contributed by atoms with Crippen LogP contribution in [0, 0.1) is 11.8 Å². The maximum Gasteiger partial charge on any atom is 0.219 e. The molecule has 156 valence electrons. The maximum absolute atomic E-state index is 13.2. The number of aromatic nitrogens is 1. The third-order valence-corrected chi connectivity index (χ3v) is 7.07. The normalized spacial score (nSPS) is 19.7. The van der Waals surface area contributed by atoms with Gasteiger partial charge in [-0.05, 0) is 24.8 Å². The first-order valence-corrected chi connectivity index (χ1v) is 11.2. The highest BCUT2D eigenvalue weighted by Crippen LogP contribution is 2.33. The first-order valence-electron chi connectivity index (χ1n) is 10.3. The lowest BCUT2D eigenvalue weighted by molar-refractivity contribution is -0.134. The lowest BCUT2D eigenvalue weighted by atomic mass is 9.80. The van der Waals surface area contributed by atoms with E-state index in [1.165, 1.54) is 5.56 Å². The molecular weight excluding hydrogens is 384 g/mol. The molecule has 0 radical (unpaired) electrons. The van der Waals surface area contributed by atoms with E-state index in [1.807, 2.05) is 35.4 Å². The summed E-state index contributed by atoms with van der Waals surface area (Å²) in [7, 11) is 0. The Balaban J connectivity index is 1.73. The second-order valence-corrected chi connectivity index (χ2v) is 8.91. The molecule has 5 nitrogen and oxygen atoms in total. The van der Waals surface area contributed by atoms with E-state index >= 15 is 0 Å². The fourth-order valence-electron chi connectivity index (χ4n) is 4.49. The Morgan fingerprint density at radius 1 is 1.31 bits per heavy atom. The molecule has 0 aliphatic carbocycles. The van der Waals surface area contributed by atoms with Crippen molar-refractivity contribution in [2.75, 3.05) is 13.2 Å². The van der Waals surface area contributed by atoms with E-state index in [2.05, 4.69) is 17.1 Å². The fraction of sp³-hybridized carbons (Fsp3) is 0.522. The van der Waals surface area contributed by atoms with Crippen molar-refractivity contribution in [1.82, 2.24) is 9.88 Å². The number of ketones is 1. The Bertz CT molecular complexity index is 794. The van der Waals surface area contributed by atoms with E-state index < -0.39 is 0 Å². The summed E-state index contributed by atoms with van der Waals surface area (Å²) in [5.41, 5.74) is 1.19. The van der Waals surface area contributed by atoms with Crippen molar-refractivity contribution >= 4 is 23.0 Å². The van der Waals surface area contributed by atoms with Crippen LogP contribution in [0.15, 0.2) is 41.9 Å². The van der Waals surface area contributed by atoms with Gasteiger partial charge >= 0.3 is 0 Å². The van der Waals surface area contributed by atoms with Crippen LogP contribution >= 0.6 is 11.3 Å². The van der Waals surface area contributed by atoms with Crippen LogP contribution in [-0.2, 0) is 16.0 Å². The molecule has 1 N–H and O–H groups in total. The molecule has 1 saturated heterocycles. The number of likely N-dealkylation sites (tertiary alicyclic amines) is 1. The van der Waals surface area contributed by atoms with E-state index in [0.717, 1.165) is 24.3 Å². The quantitative estimate of drug-likeness (QED) is 0.679. The second-order valence-electron chi connectivity index (χ2n) is 7.98. The van der Waals surface area contributed by atoms with E-state index in [1.54, 1.807) is 24.5 Å². The van der Waals surface area contributed by atoms with Crippen molar-refractivity contribution in [2.24, 2.45) is 11.8 Å². The molecule has 0 unspecified atom stereocenters. The molecule has 2 heterocycles. The third-order valence-electron chi connectivity index (χ3n) is 6.13. The van der Waals surface area contributed by atoms with Gasteiger partial charge in [0.05, 0.1) is 5.01 Å². The summed E-state index contributed by atoms with van der Waals surface area (Å²) < 4.78 is 0. The van der Waals surface area contributed by atoms with Crippen molar-refractivity contribution < 1.29 is 14.7 Å². The largest absolute Gasteiger partial charge is 0.396 e. The number of carbonyl (C=O) groups excluding carboxylic acids is 2. The number of thiazole rings is 1. The number of Topliss-reactive ketones (excluding diaryl/α,β-unsaturated/α-hetero) is 1. The summed E-state index contributed by atoms with van der Waals surface area (Å²) in [5.74, 6) is -0.337. The summed E-state index contributed by atoms with van der Waals surface area (Å²) in [4.78, 5) is 31.5. The lowest BCUT2D eigenvalue weighted by Crippen LogP contribution is -2.44. The highest BCUT2D eigenvalue weighted by Gasteiger charge is 2.38. The van der Waals surface area contributed by atoms with Crippen LogP contribution in [-0.4, -0.2) is 45.9 Å². The Morgan fingerprint density at radius 2 is 2.07 bits per heavy atom. The number of aliphatic hydroxyl groups excluding tert-OH is 1. The topological polar surface area (TPSA) is 70.5 Å². The van der Waals surface area contributed by atoms with E-state index in [4.69, 9.17) is 0 Å². The zero-order valence-corrected chi connectivity index (χ0v) is 18.0. The number of rotatable bonds is 9. The number of benzene rings is 1. The molecule has 4 atom stereocenters. The standard InChI is InChI=1S/C23H30N2O3S/c1-16(20(15-26)21-9-6-11-25(21)17(2)27)22(28)14-19(23-24-10-12-29-23)13-18-7-4-3-5-8-18/h3-5,7-8,10,12,16,19-21,26H,6,9,11,13-15H2,1-2H3/t16-,19-,20-,21+/m1/s1. The monoisotopic (exact) mass is 414 g/mol.